The van der Waals surface area contributed by atoms with Gasteiger partial charge in [-0.15, -0.1) is 0 Å². The van der Waals surface area contributed by atoms with Gasteiger partial charge in [0.2, 0.25) is 10.0 Å². The normalized spacial score (nSPS) is 11.1. The van der Waals surface area contributed by atoms with Gasteiger partial charge in [0, 0.05) is 0 Å². The van der Waals surface area contributed by atoms with Gasteiger partial charge in [0.05, 0.1) is 12.5 Å². The number of carbonyl (C=O) groups is 1. The molecular formula is C7H7FN2O4S. The van der Waals surface area contributed by atoms with Crippen LogP contribution < -0.4 is 4.72 Å². The minimum absolute atomic E-state index is 0.240. The van der Waals surface area contributed by atoms with E-state index in [1.165, 1.54) is 0 Å². The van der Waals surface area contributed by atoms with Gasteiger partial charge in [0.25, 0.3) is 0 Å². The number of aromatic nitrogens is 1. The smallest absolute Gasteiger partial charge is 0.338 e. The van der Waals surface area contributed by atoms with E-state index >= 15 is 0 Å². The Kier molecular flexibility index (Phi) is 2.89. The highest BCUT2D eigenvalue weighted by molar-refractivity contribution is 7.92. The molecule has 8 heteroatoms. The molecule has 0 fully saturated rings. The highest BCUT2D eigenvalue weighted by Crippen LogP contribution is 2.12. The van der Waals surface area contributed by atoms with E-state index in [0.717, 1.165) is 12.3 Å². The average Bonchev–Trinajstić information content (AvgIpc) is 2.05. The van der Waals surface area contributed by atoms with E-state index < -0.39 is 27.4 Å². The molecule has 0 aliphatic carbocycles. The number of halogens is 1. The number of nitrogens with zero attached hydrogens (tertiary/aromatic N) is 1. The van der Waals surface area contributed by atoms with Gasteiger partial charge in [-0.25, -0.2) is 22.6 Å². The van der Waals surface area contributed by atoms with Crippen molar-refractivity contribution in [3.63, 3.8) is 0 Å². The molecule has 1 aromatic rings. The molecule has 6 nitrogen and oxygen atoms in total. The number of hydrogen-bond acceptors (Lipinski definition) is 4. The molecule has 0 spiro atoms. The van der Waals surface area contributed by atoms with Crippen LogP contribution in [0.1, 0.15) is 10.4 Å². The maximum absolute atomic E-state index is 12.8. The number of carboxylic acid groups (broad SMARTS) is 1. The van der Waals surface area contributed by atoms with Crippen molar-refractivity contribution in [2.24, 2.45) is 0 Å². The van der Waals surface area contributed by atoms with Crippen LogP contribution in [0.15, 0.2) is 12.3 Å². The lowest BCUT2D eigenvalue weighted by molar-refractivity contribution is 0.0691. The van der Waals surface area contributed by atoms with Gasteiger partial charge < -0.3 is 5.11 Å². The first kappa shape index (κ1) is 11.4. The number of sulfonamides is 1. The summed E-state index contributed by atoms with van der Waals surface area (Å²) in [4.78, 5) is 13.9. The van der Waals surface area contributed by atoms with Crippen molar-refractivity contribution < 1.29 is 22.7 Å². The molecule has 1 aromatic heterocycles. The Hall–Kier alpha value is -1.70. The monoisotopic (exact) mass is 234 g/mol. The fraction of sp³-hybridized carbons (Fsp3) is 0.143. The molecule has 1 rings (SSSR count). The zero-order valence-corrected chi connectivity index (χ0v) is 8.38. The first-order valence-electron chi connectivity index (χ1n) is 3.66. The van der Waals surface area contributed by atoms with Crippen molar-refractivity contribution in [1.82, 2.24) is 4.98 Å². The topological polar surface area (TPSA) is 96.4 Å². The van der Waals surface area contributed by atoms with Crippen LogP contribution in [-0.4, -0.2) is 30.7 Å². The van der Waals surface area contributed by atoms with E-state index in [1.807, 2.05) is 4.72 Å². The van der Waals surface area contributed by atoms with Gasteiger partial charge in [-0.05, 0) is 6.07 Å². The molecule has 0 radical (unpaired) electrons. The molecular weight excluding hydrogens is 227 g/mol. The highest BCUT2D eigenvalue weighted by atomic mass is 32.2. The number of rotatable bonds is 3. The van der Waals surface area contributed by atoms with E-state index in [9.17, 15) is 17.6 Å². The van der Waals surface area contributed by atoms with Crippen LogP contribution in [0.2, 0.25) is 0 Å². The highest BCUT2D eigenvalue weighted by Gasteiger charge is 2.13. The fourth-order valence-corrected chi connectivity index (χ4v) is 1.34. The van der Waals surface area contributed by atoms with E-state index in [4.69, 9.17) is 5.11 Å². The van der Waals surface area contributed by atoms with Crippen LogP contribution in [0.25, 0.3) is 0 Å². The summed E-state index contributed by atoms with van der Waals surface area (Å²) in [5.74, 6) is -2.76. The number of pyridine rings is 1. The lowest BCUT2D eigenvalue weighted by Gasteiger charge is -2.03. The molecule has 1 heterocycles. The van der Waals surface area contributed by atoms with Crippen LogP contribution in [0.5, 0.6) is 0 Å². The van der Waals surface area contributed by atoms with Gasteiger partial charge in [-0.1, -0.05) is 0 Å². The zero-order chi connectivity index (χ0) is 11.6. The molecule has 0 aromatic carbocycles. The van der Waals surface area contributed by atoms with Crippen LogP contribution in [0.4, 0.5) is 10.2 Å². The Bertz CT molecular complexity index is 500. The Labute approximate surface area is 84.8 Å². The molecule has 0 aliphatic rings. The minimum atomic E-state index is -3.56. The fourth-order valence-electron chi connectivity index (χ4n) is 0.848. The van der Waals surface area contributed by atoms with Gasteiger partial charge in [-0.3, -0.25) is 4.72 Å². The Morgan fingerprint density at radius 2 is 2.20 bits per heavy atom. The second-order valence-electron chi connectivity index (χ2n) is 2.73. The molecule has 0 atom stereocenters. The van der Waals surface area contributed by atoms with Crippen molar-refractivity contribution in [3.8, 4) is 0 Å². The van der Waals surface area contributed by atoms with Crippen LogP contribution in [0, 0.1) is 5.82 Å². The summed E-state index contributed by atoms with van der Waals surface area (Å²) >= 11 is 0. The average molecular weight is 234 g/mol. The summed E-state index contributed by atoms with van der Waals surface area (Å²) in [7, 11) is -3.56. The predicted octanol–water partition coefficient (Wildman–Crippen LogP) is 0.290. The van der Waals surface area contributed by atoms with Gasteiger partial charge >= 0.3 is 5.97 Å². The van der Waals surface area contributed by atoms with Crippen molar-refractivity contribution in [2.75, 3.05) is 11.0 Å². The first-order valence-corrected chi connectivity index (χ1v) is 5.55. The predicted molar refractivity (Wildman–Crippen MR) is 49.6 cm³/mol. The summed E-state index contributed by atoms with van der Waals surface area (Å²) in [6, 6.07) is 0.804. The third kappa shape index (κ3) is 3.17. The van der Waals surface area contributed by atoms with Crippen LogP contribution >= 0.6 is 0 Å². The molecule has 0 bridgehead atoms. The molecule has 2 N–H and O–H groups in total. The number of hydrogen-bond donors (Lipinski definition) is 2. The second kappa shape index (κ2) is 3.81. The lowest BCUT2D eigenvalue weighted by Crippen LogP contribution is -2.12. The van der Waals surface area contributed by atoms with E-state index in [0.29, 0.717) is 6.20 Å². The molecule has 0 saturated heterocycles. The zero-order valence-electron chi connectivity index (χ0n) is 7.56. The summed E-state index contributed by atoms with van der Waals surface area (Å²) in [6.07, 6.45) is 1.51. The Balaban J connectivity index is 3.14. The number of nitrogens with one attached hydrogen (secondary N) is 1. The first-order chi connectivity index (χ1) is 6.79. The molecule has 0 unspecified atom stereocenters. The number of carboxylic acids is 1. The Morgan fingerprint density at radius 3 is 2.67 bits per heavy atom. The quantitative estimate of drug-likeness (QED) is 0.783. The van der Waals surface area contributed by atoms with Gasteiger partial charge in [0.15, 0.2) is 5.82 Å². The standard InChI is InChI=1S/C7H7FN2O4S/c1-15(13,14)10-6-2-4(7(11)12)5(8)3-9-6/h2-3H,1H3,(H,9,10)(H,11,12). The maximum atomic E-state index is 12.8. The second-order valence-corrected chi connectivity index (χ2v) is 4.48. The molecule has 0 amide bonds. The summed E-state index contributed by atoms with van der Waals surface area (Å²) in [5.41, 5.74) is -0.642. The third-order valence-electron chi connectivity index (χ3n) is 1.38. The maximum Gasteiger partial charge on any atom is 0.338 e. The Morgan fingerprint density at radius 1 is 1.60 bits per heavy atom. The van der Waals surface area contributed by atoms with Crippen LogP contribution in [0.3, 0.4) is 0 Å². The van der Waals surface area contributed by atoms with E-state index in [2.05, 4.69) is 4.98 Å². The summed E-state index contributed by atoms with van der Waals surface area (Å²) < 4.78 is 36.3. The van der Waals surface area contributed by atoms with E-state index in [-0.39, 0.29) is 5.82 Å². The molecule has 0 saturated carbocycles. The largest absolute Gasteiger partial charge is 0.478 e. The van der Waals surface area contributed by atoms with Crippen LogP contribution in [-0.2, 0) is 10.0 Å². The SMILES string of the molecule is CS(=O)(=O)Nc1cc(C(=O)O)c(F)cn1. The van der Waals surface area contributed by atoms with Gasteiger partial charge in [0.1, 0.15) is 11.4 Å². The number of aromatic carboxylic acids is 1. The van der Waals surface area contributed by atoms with Crippen molar-refractivity contribution in [1.29, 1.82) is 0 Å². The number of anilines is 1. The van der Waals surface area contributed by atoms with Gasteiger partial charge in [-0.2, -0.15) is 0 Å². The van der Waals surface area contributed by atoms with E-state index in [1.54, 1.807) is 0 Å². The molecule has 15 heavy (non-hydrogen) atoms. The molecule has 82 valence electrons. The van der Waals surface area contributed by atoms with Crippen molar-refractivity contribution >= 4 is 21.8 Å². The summed E-state index contributed by atoms with van der Waals surface area (Å²) in [5, 5.41) is 8.54. The summed E-state index contributed by atoms with van der Waals surface area (Å²) in [6.45, 7) is 0. The molecule has 0 aliphatic heterocycles. The third-order valence-corrected chi connectivity index (χ3v) is 1.96. The minimum Gasteiger partial charge on any atom is -0.478 e. The van der Waals surface area contributed by atoms with Crippen molar-refractivity contribution in [2.45, 2.75) is 0 Å². The van der Waals surface area contributed by atoms with Crippen molar-refractivity contribution in [3.05, 3.63) is 23.6 Å². The lowest BCUT2D eigenvalue weighted by atomic mass is 10.2.